The van der Waals surface area contributed by atoms with E-state index in [4.69, 9.17) is 10.5 Å². The summed E-state index contributed by atoms with van der Waals surface area (Å²) in [6, 6.07) is 16.3. The number of aryl methyl sites for hydroxylation is 1. The first-order chi connectivity index (χ1) is 13.0. The molecule has 0 aliphatic rings. The lowest BCUT2D eigenvalue weighted by Crippen LogP contribution is -2.19. The van der Waals surface area contributed by atoms with Crippen molar-refractivity contribution in [3.8, 4) is 17.0 Å². The molecule has 3 aromatic rings. The van der Waals surface area contributed by atoms with Crippen LogP contribution < -0.4 is 10.5 Å². The first kappa shape index (κ1) is 18.3. The van der Waals surface area contributed by atoms with Crippen LogP contribution in [0.5, 0.6) is 5.75 Å². The van der Waals surface area contributed by atoms with Gasteiger partial charge in [-0.15, -0.1) is 0 Å². The summed E-state index contributed by atoms with van der Waals surface area (Å²) in [5.74, 6) is -0.0123. The highest BCUT2D eigenvalue weighted by atomic mass is 16.5. The molecular weight excluding hydrogens is 342 g/mol. The number of carbonyl (C=O) groups is 2. The molecule has 0 spiro atoms. The lowest BCUT2D eigenvalue weighted by atomic mass is 10.0. The highest BCUT2D eigenvalue weighted by Crippen LogP contribution is 2.22. The third-order valence-corrected chi connectivity index (χ3v) is 3.89. The Balaban J connectivity index is 1.73. The predicted molar refractivity (Wildman–Crippen MR) is 101 cm³/mol. The van der Waals surface area contributed by atoms with Crippen LogP contribution in [0.1, 0.15) is 21.7 Å². The summed E-state index contributed by atoms with van der Waals surface area (Å²) < 4.78 is 5.25. The third kappa shape index (κ3) is 4.98. The molecule has 6 heteroatoms. The van der Waals surface area contributed by atoms with Gasteiger partial charge in [0, 0.05) is 23.9 Å². The van der Waals surface area contributed by atoms with Crippen molar-refractivity contribution in [1.29, 1.82) is 0 Å². The van der Waals surface area contributed by atoms with E-state index in [2.05, 4.69) is 9.97 Å². The molecule has 0 aliphatic heterocycles. The maximum absolute atomic E-state index is 12.4. The van der Waals surface area contributed by atoms with Gasteiger partial charge < -0.3 is 10.5 Å². The summed E-state index contributed by atoms with van der Waals surface area (Å²) in [5.41, 5.74) is 8.83. The summed E-state index contributed by atoms with van der Waals surface area (Å²) in [6.07, 6.45) is 1.94. The molecular formula is C21H19N3O3. The van der Waals surface area contributed by atoms with Crippen LogP contribution in [0.25, 0.3) is 11.3 Å². The number of pyridine rings is 2. The van der Waals surface area contributed by atoms with E-state index < -0.39 is 5.91 Å². The van der Waals surface area contributed by atoms with Gasteiger partial charge in [0.2, 0.25) is 0 Å². The molecule has 1 amide bonds. The number of aromatic nitrogens is 2. The Hall–Kier alpha value is -3.54. The second-order valence-corrected chi connectivity index (χ2v) is 6.09. The lowest BCUT2D eigenvalue weighted by molar-refractivity contribution is -0.119. The molecule has 3 rings (SSSR count). The first-order valence-electron chi connectivity index (χ1n) is 8.44. The van der Waals surface area contributed by atoms with Crippen LogP contribution in [0.15, 0.2) is 60.8 Å². The highest BCUT2D eigenvalue weighted by Gasteiger charge is 2.10. The van der Waals surface area contributed by atoms with Gasteiger partial charge in [-0.05, 0) is 61.0 Å². The second kappa shape index (κ2) is 8.23. The van der Waals surface area contributed by atoms with E-state index >= 15 is 0 Å². The fourth-order valence-electron chi connectivity index (χ4n) is 2.59. The van der Waals surface area contributed by atoms with Crippen molar-refractivity contribution in [3.63, 3.8) is 0 Å². The van der Waals surface area contributed by atoms with E-state index in [1.807, 2.05) is 43.3 Å². The zero-order valence-electron chi connectivity index (χ0n) is 14.9. The summed E-state index contributed by atoms with van der Waals surface area (Å²) in [6.45, 7) is 1.69. The average molecular weight is 361 g/mol. The minimum absolute atomic E-state index is 0.0361. The molecule has 0 unspecified atom stereocenters. The van der Waals surface area contributed by atoms with Crippen molar-refractivity contribution < 1.29 is 14.3 Å². The Bertz CT molecular complexity index is 968. The predicted octanol–water partition coefficient (Wildman–Crippen LogP) is 2.74. The Kier molecular flexibility index (Phi) is 5.56. The van der Waals surface area contributed by atoms with Crippen molar-refractivity contribution in [2.45, 2.75) is 13.3 Å². The number of hydrogen-bond donors (Lipinski definition) is 1. The third-order valence-electron chi connectivity index (χ3n) is 3.89. The zero-order valence-corrected chi connectivity index (χ0v) is 14.9. The fourth-order valence-corrected chi connectivity index (χ4v) is 2.59. The molecule has 2 heterocycles. The van der Waals surface area contributed by atoms with Crippen LogP contribution in [0, 0.1) is 6.92 Å². The maximum Gasteiger partial charge on any atom is 0.255 e. The molecule has 0 fully saturated rings. The van der Waals surface area contributed by atoms with Gasteiger partial charge in [-0.25, -0.2) is 0 Å². The minimum atomic E-state index is -0.527. The van der Waals surface area contributed by atoms with Gasteiger partial charge in [0.25, 0.3) is 5.91 Å². The standard InChI is InChI=1S/C21H19N3O3/c1-14-3-2-4-18(24-14)20(25)12-15-9-10-23-19(11-15)16-5-7-17(8-6-16)27-13-21(22)26/h2-11H,12-13H2,1H3,(H2,22,26). The second-order valence-electron chi connectivity index (χ2n) is 6.09. The fraction of sp³-hybridized carbons (Fsp3) is 0.143. The van der Waals surface area contributed by atoms with Gasteiger partial charge in [-0.3, -0.25) is 19.6 Å². The number of rotatable bonds is 7. The molecule has 0 radical (unpaired) electrons. The van der Waals surface area contributed by atoms with Crippen LogP contribution in [-0.2, 0) is 11.2 Å². The summed E-state index contributed by atoms with van der Waals surface area (Å²) in [5, 5.41) is 0. The number of nitrogens with zero attached hydrogens (tertiary/aromatic N) is 2. The van der Waals surface area contributed by atoms with Crippen LogP contribution in [-0.4, -0.2) is 28.3 Å². The van der Waals surface area contributed by atoms with Crippen molar-refractivity contribution in [2.24, 2.45) is 5.73 Å². The number of primary amides is 1. The highest BCUT2D eigenvalue weighted by molar-refractivity contribution is 5.95. The van der Waals surface area contributed by atoms with E-state index in [-0.39, 0.29) is 18.8 Å². The van der Waals surface area contributed by atoms with Gasteiger partial charge in [0.15, 0.2) is 12.4 Å². The van der Waals surface area contributed by atoms with E-state index in [1.165, 1.54) is 0 Å². The zero-order chi connectivity index (χ0) is 19.2. The van der Waals surface area contributed by atoms with E-state index in [1.54, 1.807) is 24.4 Å². The van der Waals surface area contributed by atoms with Crippen molar-refractivity contribution in [3.05, 3.63) is 77.7 Å². The number of carbonyl (C=O) groups excluding carboxylic acids is 2. The van der Waals surface area contributed by atoms with Gasteiger partial charge in [-0.2, -0.15) is 0 Å². The maximum atomic E-state index is 12.4. The van der Waals surface area contributed by atoms with E-state index in [9.17, 15) is 9.59 Å². The molecule has 6 nitrogen and oxygen atoms in total. The molecule has 0 aliphatic carbocycles. The molecule has 1 aromatic carbocycles. The number of Topliss-reactive ketones (excluding diaryl/α,β-unsaturated/α-hetero) is 1. The molecule has 0 saturated heterocycles. The van der Waals surface area contributed by atoms with Gasteiger partial charge in [0.05, 0.1) is 5.69 Å². The number of ketones is 1. The van der Waals surface area contributed by atoms with Crippen molar-refractivity contribution in [2.75, 3.05) is 6.61 Å². The number of benzene rings is 1. The SMILES string of the molecule is Cc1cccc(C(=O)Cc2ccnc(-c3ccc(OCC(N)=O)cc3)c2)n1. The normalized spacial score (nSPS) is 10.4. The van der Waals surface area contributed by atoms with Crippen LogP contribution in [0.2, 0.25) is 0 Å². The molecule has 2 N–H and O–H groups in total. The monoisotopic (exact) mass is 361 g/mol. The number of amides is 1. The van der Waals surface area contributed by atoms with E-state index in [0.717, 1.165) is 22.5 Å². The molecule has 27 heavy (non-hydrogen) atoms. The summed E-state index contributed by atoms with van der Waals surface area (Å²) >= 11 is 0. The summed E-state index contributed by atoms with van der Waals surface area (Å²) in [4.78, 5) is 31.9. The van der Waals surface area contributed by atoms with Gasteiger partial charge >= 0.3 is 0 Å². The van der Waals surface area contributed by atoms with Crippen LogP contribution in [0.3, 0.4) is 0 Å². The molecule has 0 saturated carbocycles. The van der Waals surface area contributed by atoms with Crippen LogP contribution >= 0.6 is 0 Å². The molecule has 0 atom stereocenters. The van der Waals surface area contributed by atoms with Gasteiger partial charge in [0.1, 0.15) is 11.4 Å². The molecule has 2 aromatic heterocycles. The molecule has 136 valence electrons. The molecule has 0 bridgehead atoms. The first-order valence-corrected chi connectivity index (χ1v) is 8.44. The number of nitrogens with two attached hydrogens (primary N) is 1. The average Bonchev–Trinajstić information content (AvgIpc) is 2.67. The summed E-state index contributed by atoms with van der Waals surface area (Å²) in [7, 11) is 0. The Morgan fingerprint density at radius 3 is 2.56 bits per heavy atom. The Morgan fingerprint density at radius 2 is 1.85 bits per heavy atom. The topological polar surface area (TPSA) is 95.2 Å². The van der Waals surface area contributed by atoms with E-state index in [0.29, 0.717) is 11.4 Å². The largest absolute Gasteiger partial charge is 0.484 e. The smallest absolute Gasteiger partial charge is 0.255 e. The van der Waals surface area contributed by atoms with Crippen molar-refractivity contribution in [1.82, 2.24) is 9.97 Å². The number of ether oxygens (including phenoxy) is 1. The van der Waals surface area contributed by atoms with Crippen molar-refractivity contribution >= 4 is 11.7 Å². The minimum Gasteiger partial charge on any atom is -0.484 e. The Labute approximate surface area is 157 Å². The van der Waals surface area contributed by atoms with Crippen LogP contribution in [0.4, 0.5) is 0 Å². The number of hydrogen-bond acceptors (Lipinski definition) is 5. The lowest BCUT2D eigenvalue weighted by Gasteiger charge is -2.07. The van der Waals surface area contributed by atoms with Gasteiger partial charge in [-0.1, -0.05) is 6.07 Å². The Morgan fingerprint density at radius 1 is 1.07 bits per heavy atom. The quantitative estimate of drug-likeness (QED) is 0.653.